The number of ketones is 1. The molecule has 2 N–H and O–H groups in total. The van der Waals surface area contributed by atoms with Crippen LogP contribution in [0.25, 0.3) is 11.5 Å². The lowest BCUT2D eigenvalue weighted by molar-refractivity contribution is -0.121. The van der Waals surface area contributed by atoms with Crippen LogP contribution in [-0.2, 0) is 9.59 Å². The van der Waals surface area contributed by atoms with Crippen molar-refractivity contribution in [2.75, 3.05) is 0 Å². The predicted octanol–water partition coefficient (Wildman–Crippen LogP) is 1.73. The van der Waals surface area contributed by atoms with Crippen LogP contribution in [0, 0.1) is 0 Å². The number of hydrogen-bond acceptors (Lipinski definition) is 8. The minimum atomic E-state index is -0.464. The van der Waals surface area contributed by atoms with Gasteiger partial charge in [0.2, 0.25) is 5.89 Å². The van der Waals surface area contributed by atoms with Crippen molar-refractivity contribution in [2.24, 2.45) is 0 Å². The maximum atomic E-state index is 12.0. The first-order valence-electron chi connectivity index (χ1n) is 7.11. The molecule has 0 spiro atoms. The fraction of sp³-hybridized carbons (Fsp3) is 0.267. The molecule has 1 amide bonds. The Labute approximate surface area is 143 Å². The molecule has 0 aliphatic carbocycles. The topological polar surface area (TPSA) is 110 Å². The molecular weight excluding hydrogens is 330 g/mol. The maximum Gasteiger partial charge on any atom is 0.277 e. The highest BCUT2D eigenvalue weighted by atomic mass is 32.2. The molecule has 126 valence electrons. The van der Waals surface area contributed by atoms with Gasteiger partial charge in [0.1, 0.15) is 0 Å². The molecule has 0 fully saturated rings. The molecule has 0 saturated heterocycles. The normalized spacial score (nSPS) is 12.5. The quantitative estimate of drug-likeness (QED) is 0.443. The lowest BCUT2D eigenvalue weighted by atomic mass is 10.3. The Balaban J connectivity index is 1.90. The zero-order chi connectivity index (χ0) is 17.5. The highest BCUT2D eigenvalue weighted by molar-refractivity contribution is 8.00. The molecule has 9 heteroatoms. The molecule has 0 bridgehead atoms. The summed E-state index contributed by atoms with van der Waals surface area (Å²) in [7, 11) is 0. The second-order valence-electron chi connectivity index (χ2n) is 4.92. The van der Waals surface area contributed by atoms with Gasteiger partial charge in [-0.1, -0.05) is 11.8 Å². The van der Waals surface area contributed by atoms with Crippen LogP contribution in [0.15, 0.2) is 45.9 Å². The van der Waals surface area contributed by atoms with Crippen LogP contribution in [0.4, 0.5) is 0 Å². The number of carbonyl (C=O) groups excluding carboxylic acids is 2. The third-order valence-electron chi connectivity index (χ3n) is 2.78. The Morgan fingerprint density at radius 1 is 1.21 bits per heavy atom. The first-order valence-corrected chi connectivity index (χ1v) is 7.99. The number of hydrogen-bond donors (Lipinski definition) is 2. The number of aromatic nitrogens is 3. The number of amides is 1. The minimum absolute atomic E-state index is 0.105. The van der Waals surface area contributed by atoms with Gasteiger partial charge in [-0.15, -0.1) is 10.2 Å². The number of rotatable bonds is 7. The number of nitrogens with one attached hydrogen (secondary N) is 2. The predicted molar refractivity (Wildman–Crippen MR) is 88.6 cm³/mol. The van der Waals surface area contributed by atoms with E-state index in [9.17, 15) is 9.59 Å². The second kappa shape index (κ2) is 8.25. The molecule has 2 aromatic rings. The number of nitrogens with zero attached hydrogens (tertiary/aromatic N) is 3. The summed E-state index contributed by atoms with van der Waals surface area (Å²) in [5, 5.41) is 7.69. The third kappa shape index (κ3) is 5.20. The monoisotopic (exact) mass is 347 g/mol. The van der Waals surface area contributed by atoms with Gasteiger partial charge in [-0.2, -0.15) is 0 Å². The number of carbonyl (C=O) groups is 2. The summed E-state index contributed by atoms with van der Waals surface area (Å²) in [5.74, 6) is -0.0167. The van der Waals surface area contributed by atoms with Gasteiger partial charge in [-0.25, -0.2) is 0 Å². The Bertz CT molecular complexity index is 745. The van der Waals surface area contributed by atoms with Crippen molar-refractivity contribution in [2.45, 2.75) is 31.2 Å². The van der Waals surface area contributed by atoms with Crippen LogP contribution >= 0.6 is 11.8 Å². The van der Waals surface area contributed by atoms with Crippen molar-refractivity contribution in [3.8, 4) is 11.5 Å². The van der Waals surface area contributed by atoms with Crippen LogP contribution < -0.4 is 10.9 Å². The van der Waals surface area contributed by atoms with Crippen molar-refractivity contribution in [3.05, 3.63) is 36.3 Å². The SMILES string of the molecule is CC(=O)/C=C(/C)NNC(=O)[C@@H](C)Sc1nnc(-c2ccncc2)o1. The number of hydrazine groups is 1. The summed E-state index contributed by atoms with van der Waals surface area (Å²) >= 11 is 1.14. The van der Waals surface area contributed by atoms with Crippen LogP contribution in [0.2, 0.25) is 0 Å². The Kier molecular flexibility index (Phi) is 6.07. The standard InChI is InChI=1S/C15H17N5O3S/c1-9(8-10(2)21)17-18-13(22)11(3)24-15-20-19-14(23-15)12-4-6-16-7-5-12/h4-8,11,17H,1-3H3,(H,18,22)/b9-8-/t11-/m1/s1. The first kappa shape index (κ1) is 17.7. The Morgan fingerprint density at radius 2 is 1.92 bits per heavy atom. The summed E-state index contributed by atoms with van der Waals surface area (Å²) in [5.41, 5.74) is 6.49. The van der Waals surface area contributed by atoms with E-state index >= 15 is 0 Å². The average molecular weight is 347 g/mol. The summed E-state index contributed by atoms with van der Waals surface area (Å²) in [4.78, 5) is 26.9. The average Bonchev–Trinajstić information content (AvgIpc) is 3.01. The lowest BCUT2D eigenvalue weighted by Crippen LogP contribution is -2.40. The van der Waals surface area contributed by atoms with Crippen molar-refractivity contribution in [3.63, 3.8) is 0 Å². The van der Waals surface area contributed by atoms with E-state index < -0.39 is 5.25 Å². The molecule has 0 saturated carbocycles. The van der Waals surface area contributed by atoms with Gasteiger partial charge < -0.3 is 9.84 Å². The highest BCUT2D eigenvalue weighted by Crippen LogP contribution is 2.25. The van der Waals surface area contributed by atoms with E-state index in [1.54, 1.807) is 38.4 Å². The van der Waals surface area contributed by atoms with Crippen LogP contribution in [0.1, 0.15) is 20.8 Å². The van der Waals surface area contributed by atoms with Gasteiger partial charge in [0.15, 0.2) is 5.78 Å². The fourth-order valence-corrected chi connectivity index (χ4v) is 2.36. The molecule has 24 heavy (non-hydrogen) atoms. The molecule has 0 aliphatic rings. The highest BCUT2D eigenvalue weighted by Gasteiger charge is 2.18. The summed E-state index contributed by atoms with van der Waals surface area (Å²) in [6.07, 6.45) is 4.65. The lowest BCUT2D eigenvalue weighted by Gasteiger charge is -2.11. The van der Waals surface area contributed by atoms with Crippen LogP contribution in [-0.4, -0.2) is 32.1 Å². The van der Waals surface area contributed by atoms with Crippen molar-refractivity contribution < 1.29 is 14.0 Å². The van der Waals surface area contributed by atoms with Gasteiger partial charge in [0.25, 0.3) is 11.1 Å². The number of pyridine rings is 1. The summed E-state index contributed by atoms with van der Waals surface area (Å²) in [6.45, 7) is 4.82. The van der Waals surface area contributed by atoms with E-state index in [1.807, 2.05) is 0 Å². The maximum absolute atomic E-state index is 12.0. The smallest absolute Gasteiger partial charge is 0.277 e. The van der Waals surface area contributed by atoms with E-state index in [2.05, 4.69) is 26.0 Å². The number of thioether (sulfide) groups is 1. The largest absolute Gasteiger partial charge is 0.411 e. The first-order chi connectivity index (χ1) is 11.5. The molecule has 0 aliphatic heterocycles. The van der Waals surface area contributed by atoms with Crippen molar-refractivity contribution >= 4 is 23.5 Å². The van der Waals surface area contributed by atoms with Gasteiger partial charge in [-0.05, 0) is 32.9 Å². The fourth-order valence-electron chi connectivity index (χ4n) is 1.68. The van der Waals surface area contributed by atoms with Gasteiger partial charge in [0.05, 0.1) is 5.25 Å². The second-order valence-corrected chi connectivity index (χ2v) is 6.21. The molecule has 0 unspecified atom stereocenters. The molecule has 8 nitrogen and oxygen atoms in total. The number of allylic oxidation sites excluding steroid dienone is 2. The Hall–Kier alpha value is -2.68. The van der Waals surface area contributed by atoms with Gasteiger partial charge in [0, 0.05) is 29.7 Å². The third-order valence-corrected chi connectivity index (χ3v) is 3.72. The summed E-state index contributed by atoms with van der Waals surface area (Å²) < 4.78 is 5.53. The molecule has 0 radical (unpaired) electrons. The van der Waals surface area contributed by atoms with E-state index in [0.717, 1.165) is 17.3 Å². The molecule has 0 aromatic carbocycles. The summed E-state index contributed by atoms with van der Waals surface area (Å²) in [6, 6.07) is 3.51. The van der Waals surface area contributed by atoms with Crippen LogP contribution in [0.3, 0.4) is 0 Å². The molecule has 2 rings (SSSR count). The Morgan fingerprint density at radius 3 is 2.58 bits per heavy atom. The molecular formula is C15H17N5O3S. The zero-order valence-corrected chi connectivity index (χ0v) is 14.3. The van der Waals surface area contributed by atoms with E-state index in [4.69, 9.17) is 4.42 Å². The van der Waals surface area contributed by atoms with Gasteiger partial charge in [-0.3, -0.25) is 20.0 Å². The molecule has 2 aromatic heterocycles. The molecule has 2 heterocycles. The van der Waals surface area contributed by atoms with Crippen LogP contribution in [0.5, 0.6) is 0 Å². The van der Waals surface area contributed by atoms with Gasteiger partial charge >= 0.3 is 0 Å². The van der Waals surface area contributed by atoms with E-state index in [-0.39, 0.29) is 11.7 Å². The molecule has 1 atom stereocenters. The van der Waals surface area contributed by atoms with E-state index in [1.165, 1.54) is 13.0 Å². The van der Waals surface area contributed by atoms with E-state index in [0.29, 0.717) is 16.8 Å². The van der Waals surface area contributed by atoms with Crippen molar-refractivity contribution in [1.29, 1.82) is 0 Å². The zero-order valence-electron chi connectivity index (χ0n) is 13.4. The minimum Gasteiger partial charge on any atom is -0.411 e. The van der Waals surface area contributed by atoms with Crippen molar-refractivity contribution in [1.82, 2.24) is 26.0 Å².